The Morgan fingerprint density at radius 3 is 3.07 bits per heavy atom. The second kappa shape index (κ2) is 3.45. The van der Waals surface area contributed by atoms with Crippen molar-refractivity contribution in [3.05, 3.63) is 35.9 Å². The lowest BCUT2D eigenvalue weighted by Crippen LogP contribution is -2.00. The Bertz CT molecular complexity index is 429. The van der Waals surface area contributed by atoms with Crippen molar-refractivity contribution in [3.8, 4) is 0 Å². The molecule has 0 aliphatic rings. The van der Waals surface area contributed by atoms with Crippen molar-refractivity contribution in [1.29, 1.82) is 0 Å². The van der Waals surface area contributed by atoms with E-state index in [1.54, 1.807) is 29.3 Å². The highest BCUT2D eigenvalue weighted by Crippen LogP contribution is 2.05. The van der Waals surface area contributed by atoms with Gasteiger partial charge >= 0.3 is 0 Å². The van der Waals surface area contributed by atoms with E-state index in [2.05, 4.69) is 15.3 Å². The third-order valence-corrected chi connectivity index (χ3v) is 1.96. The Balaban J connectivity index is 2.28. The molecule has 2 aromatic rings. The minimum absolute atomic E-state index is 0.0813. The fourth-order valence-electron chi connectivity index (χ4n) is 1.19. The van der Waals surface area contributed by atoms with E-state index in [0.29, 0.717) is 11.3 Å². The molecule has 0 bridgehead atoms. The summed E-state index contributed by atoms with van der Waals surface area (Å²) in [6.07, 6.45) is 4.84. The van der Waals surface area contributed by atoms with Crippen molar-refractivity contribution >= 4 is 5.78 Å². The normalized spacial score (nSPS) is 10.4. The highest BCUT2D eigenvalue weighted by Gasteiger charge is 2.11. The lowest BCUT2D eigenvalue weighted by Gasteiger charge is -1.92. The van der Waals surface area contributed by atoms with Gasteiger partial charge in [0.2, 0.25) is 5.78 Å². The summed E-state index contributed by atoms with van der Waals surface area (Å²) in [5.74, 6) is -0.0813. The monoisotopic (exact) mass is 190 g/mol. The SMILES string of the molecule is CCn1cc(C(=O)c2ccn[nH]2)cn1. The standard InChI is InChI=1S/C9H10N4O/c1-2-13-6-7(5-11-13)9(14)8-3-4-10-12-8/h3-6H,2H2,1H3,(H,10,12). The highest BCUT2D eigenvalue weighted by atomic mass is 16.1. The van der Waals surface area contributed by atoms with E-state index in [1.165, 1.54) is 0 Å². The number of nitrogens with zero attached hydrogens (tertiary/aromatic N) is 3. The number of carbonyl (C=O) groups excluding carboxylic acids is 1. The zero-order chi connectivity index (χ0) is 9.97. The minimum Gasteiger partial charge on any atom is -0.287 e. The topological polar surface area (TPSA) is 63.6 Å². The van der Waals surface area contributed by atoms with Crippen LogP contribution in [0, 0.1) is 0 Å². The van der Waals surface area contributed by atoms with Crippen LogP contribution in [0.2, 0.25) is 0 Å². The molecule has 0 saturated heterocycles. The van der Waals surface area contributed by atoms with Crippen molar-refractivity contribution < 1.29 is 4.79 Å². The van der Waals surface area contributed by atoms with E-state index < -0.39 is 0 Å². The molecule has 0 amide bonds. The third kappa shape index (κ3) is 1.44. The quantitative estimate of drug-likeness (QED) is 0.730. The lowest BCUT2D eigenvalue weighted by atomic mass is 10.2. The van der Waals surface area contributed by atoms with Crippen LogP contribution >= 0.6 is 0 Å². The maximum atomic E-state index is 11.7. The number of hydrogen-bond donors (Lipinski definition) is 1. The Labute approximate surface area is 80.7 Å². The summed E-state index contributed by atoms with van der Waals surface area (Å²) in [5.41, 5.74) is 1.07. The number of aryl methyl sites for hydroxylation is 1. The van der Waals surface area contributed by atoms with E-state index in [0.717, 1.165) is 6.54 Å². The van der Waals surface area contributed by atoms with Gasteiger partial charge < -0.3 is 0 Å². The molecular weight excluding hydrogens is 180 g/mol. The van der Waals surface area contributed by atoms with Crippen LogP contribution in [0.3, 0.4) is 0 Å². The minimum atomic E-state index is -0.0813. The van der Waals surface area contributed by atoms with Crippen molar-refractivity contribution in [2.24, 2.45) is 0 Å². The van der Waals surface area contributed by atoms with E-state index in [1.807, 2.05) is 6.92 Å². The first-order valence-corrected chi connectivity index (χ1v) is 4.38. The van der Waals surface area contributed by atoms with Gasteiger partial charge in [-0.05, 0) is 13.0 Å². The summed E-state index contributed by atoms with van der Waals surface area (Å²) >= 11 is 0. The van der Waals surface area contributed by atoms with Gasteiger partial charge in [-0.3, -0.25) is 14.6 Å². The van der Waals surface area contributed by atoms with Crippen LogP contribution in [0.15, 0.2) is 24.7 Å². The molecule has 0 unspecified atom stereocenters. The summed E-state index contributed by atoms with van der Waals surface area (Å²) in [5, 5.41) is 10.4. The molecule has 1 N–H and O–H groups in total. The number of ketones is 1. The van der Waals surface area contributed by atoms with Gasteiger partial charge in [0.15, 0.2) is 0 Å². The number of H-pyrrole nitrogens is 1. The van der Waals surface area contributed by atoms with Gasteiger partial charge in [-0.2, -0.15) is 10.2 Å². The molecule has 0 spiro atoms. The van der Waals surface area contributed by atoms with Crippen molar-refractivity contribution in [2.45, 2.75) is 13.5 Å². The summed E-state index contributed by atoms with van der Waals surface area (Å²) < 4.78 is 1.71. The van der Waals surface area contributed by atoms with Crippen LogP contribution in [0.4, 0.5) is 0 Å². The van der Waals surface area contributed by atoms with E-state index in [4.69, 9.17) is 0 Å². The molecule has 0 radical (unpaired) electrons. The Morgan fingerprint density at radius 2 is 2.50 bits per heavy atom. The van der Waals surface area contributed by atoms with E-state index in [-0.39, 0.29) is 5.78 Å². The van der Waals surface area contributed by atoms with Crippen molar-refractivity contribution in [3.63, 3.8) is 0 Å². The van der Waals surface area contributed by atoms with Crippen LogP contribution in [0.5, 0.6) is 0 Å². The third-order valence-electron chi connectivity index (χ3n) is 1.96. The first-order chi connectivity index (χ1) is 6.81. The lowest BCUT2D eigenvalue weighted by molar-refractivity contribution is 0.103. The summed E-state index contributed by atoms with van der Waals surface area (Å²) in [7, 11) is 0. The Morgan fingerprint density at radius 1 is 1.64 bits per heavy atom. The molecule has 0 aromatic carbocycles. The average Bonchev–Trinajstić information content (AvgIpc) is 2.88. The molecular formula is C9H10N4O. The first-order valence-electron chi connectivity index (χ1n) is 4.38. The molecule has 0 aliphatic carbocycles. The molecule has 0 fully saturated rings. The average molecular weight is 190 g/mol. The number of carbonyl (C=O) groups is 1. The number of hydrogen-bond acceptors (Lipinski definition) is 3. The Hall–Kier alpha value is -1.91. The summed E-state index contributed by atoms with van der Waals surface area (Å²) in [4.78, 5) is 11.7. The van der Waals surface area contributed by atoms with Crippen LogP contribution in [0.1, 0.15) is 23.0 Å². The summed E-state index contributed by atoms with van der Waals surface area (Å²) in [6.45, 7) is 2.73. The highest BCUT2D eigenvalue weighted by molar-refractivity contribution is 6.07. The molecule has 5 nitrogen and oxygen atoms in total. The zero-order valence-electron chi connectivity index (χ0n) is 7.77. The molecule has 0 aliphatic heterocycles. The van der Waals surface area contributed by atoms with Crippen molar-refractivity contribution in [1.82, 2.24) is 20.0 Å². The fourth-order valence-corrected chi connectivity index (χ4v) is 1.19. The summed E-state index contributed by atoms with van der Waals surface area (Å²) in [6, 6.07) is 1.64. The second-order valence-electron chi connectivity index (χ2n) is 2.88. The first kappa shape index (κ1) is 8.68. The smallest absolute Gasteiger partial charge is 0.213 e. The molecule has 0 atom stereocenters. The molecule has 2 heterocycles. The molecule has 14 heavy (non-hydrogen) atoms. The molecule has 2 aromatic heterocycles. The number of aromatic amines is 1. The van der Waals surface area contributed by atoms with Gasteiger partial charge in [-0.25, -0.2) is 0 Å². The molecule has 5 heteroatoms. The molecule has 72 valence electrons. The molecule has 2 rings (SSSR count). The predicted octanol–water partition coefficient (Wildman–Crippen LogP) is 0.857. The predicted molar refractivity (Wildman–Crippen MR) is 49.9 cm³/mol. The van der Waals surface area contributed by atoms with Crippen LogP contribution in [-0.2, 0) is 6.54 Å². The number of aromatic nitrogens is 4. The largest absolute Gasteiger partial charge is 0.287 e. The second-order valence-corrected chi connectivity index (χ2v) is 2.88. The van der Waals surface area contributed by atoms with Crippen LogP contribution < -0.4 is 0 Å². The Kier molecular flexibility index (Phi) is 2.14. The van der Waals surface area contributed by atoms with Gasteiger partial charge in [0.25, 0.3) is 0 Å². The van der Waals surface area contributed by atoms with E-state index in [9.17, 15) is 4.79 Å². The molecule has 0 saturated carbocycles. The number of rotatable bonds is 3. The fraction of sp³-hybridized carbons (Fsp3) is 0.222. The maximum absolute atomic E-state index is 11.7. The maximum Gasteiger partial charge on any atom is 0.213 e. The van der Waals surface area contributed by atoms with E-state index >= 15 is 0 Å². The van der Waals surface area contributed by atoms with Crippen LogP contribution in [0.25, 0.3) is 0 Å². The van der Waals surface area contributed by atoms with Gasteiger partial charge in [0.1, 0.15) is 5.69 Å². The zero-order valence-corrected chi connectivity index (χ0v) is 7.77. The van der Waals surface area contributed by atoms with Gasteiger partial charge in [0.05, 0.1) is 11.8 Å². The number of nitrogens with one attached hydrogen (secondary N) is 1. The van der Waals surface area contributed by atoms with Gasteiger partial charge in [-0.1, -0.05) is 0 Å². The van der Waals surface area contributed by atoms with Gasteiger partial charge in [-0.15, -0.1) is 0 Å². The van der Waals surface area contributed by atoms with Crippen molar-refractivity contribution in [2.75, 3.05) is 0 Å². The van der Waals surface area contributed by atoms with Crippen LogP contribution in [-0.4, -0.2) is 25.8 Å². The van der Waals surface area contributed by atoms with Gasteiger partial charge in [0, 0.05) is 18.9 Å².